The van der Waals surface area contributed by atoms with E-state index >= 15 is 0 Å². The van der Waals surface area contributed by atoms with Crippen molar-refractivity contribution in [3.8, 4) is 11.4 Å². The van der Waals surface area contributed by atoms with Crippen molar-refractivity contribution in [2.24, 2.45) is 0 Å². The van der Waals surface area contributed by atoms with Crippen LogP contribution in [0, 0.1) is 0 Å². The van der Waals surface area contributed by atoms with Gasteiger partial charge < -0.3 is 5.32 Å². The molecule has 0 radical (unpaired) electrons. The van der Waals surface area contributed by atoms with Crippen molar-refractivity contribution in [2.45, 2.75) is 52.1 Å². The molecule has 1 aromatic carbocycles. The number of hydrogen-bond donors (Lipinski definition) is 1. The third-order valence-corrected chi connectivity index (χ3v) is 3.83. The Bertz CT molecular complexity index is 643. The third kappa shape index (κ3) is 5.32. The molecule has 0 fully saturated rings. The van der Waals surface area contributed by atoms with E-state index in [4.69, 9.17) is 11.6 Å². The van der Waals surface area contributed by atoms with E-state index in [2.05, 4.69) is 27.7 Å². The Balaban J connectivity index is 1.89. The molecule has 0 saturated heterocycles. The van der Waals surface area contributed by atoms with Crippen LogP contribution in [0.5, 0.6) is 0 Å². The molecule has 0 saturated carbocycles. The maximum Gasteiger partial charge on any atom is 0.243 e. The zero-order valence-electron chi connectivity index (χ0n) is 13.5. The first-order valence-corrected chi connectivity index (χ1v) is 8.30. The Morgan fingerprint density at radius 1 is 1.35 bits per heavy atom. The van der Waals surface area contributed by atoms with Gasteiger partial charge in [-0.05, 0) is 30.7 Å². The van der Waals surface area contributed by atoms with Gasteiger partial charge in [0, 0.05) is 11.6 Å². The molecule has 0 unspecified atom stereocenters. The minimum Gasteiger partial charge on any atom is -0.352 e. The standard InChI is InChI=1S/C16H22ClN5O/c1-3-4-5-8-12(2)18-15(23)11-22-20-16(19-21-22)13-9-6-7-10-14(13)17/h6-7,9-10,12H,3-5,8,11H2,1-2H3,(H,18,23)/t12-/m1/s1. The number of aromatic nitrogens is 4. The quantitative estimate of drug-likeness (QED) is 0.752. The highest BCUT2D eigenvalue weighted by Crippen LogP contribution is 2.23. The van der Waals surface area contributed by atoms with Crippen LogP contribution in [0.15, 0.2) is 24.3 Å². The average Bonchev–Trinajstić information content (AvgIpc) is 2.96. The number of hydrogen-bond acceptors (Lipinski definition) is 4. The van der Waals surface area contributed by atoms with Crippen molar-refractivity contribution in [2.75, 3.05) is 0 Å². The number of nitrogens with zero attached hydrogens (tertiary/aromatic N) is 4. The van der Waals surface area contributed by atoms with E-state index in [0.29, 0.717) is 16.4 Å². The molecule has 0 aliphatic rings. The molecule has 0 aliphatic heterocycles. The zero-order chi connectivity index (χ0) is 16.7. The summed E-state index contributed by atoms with van der Waals surface area (Å²) in [6, 6.07) is 7.43. The SMILES string of the molecule is CCCCC[C@@H](C)NC(=O)Cn1nnc(-c2ccccc2Cl)n1. The number of tetrazole rings is 1. The van der Waals surface area contributed by atoms with Crippen molar-refractivity contribution < 1.29 is 4.79 Å². The maximum atomic E-state index is 12.0. The van der Waals surface area contributed by atoms with Crippen molar-refractivity contribution in [1.29, 1.82) is 0 Å². The largest absolute Gasteiger partial charge is 0.352 e. The number of carbonyl (C=O) groups is 1. The van der Waals surface area contributed by atoms with Crippen molar-refractivity contribution >= 4 is 17.5 Å². The molecule has 2 aromatic rings. The molecule has 7 heteroatoms. The summed E-state index contributed by atoms with van der Waals surface area (Å²) in [4.78, 5) is 13.3. The van der Waals surface area contributed by atoms with Gasteiger partial charge in [-0.15, -0.1) is 10.2 Å². The molecule has 0 aliphatic carbocycles. The Kier molecular flexibility index (Phi) is 6.52. The van der Waals surface area contributed by atoms with E-state index < -0.39 is 0 Å². The van der Waals surface area contributed by atoms with E-state index in [-0.39, 0.29) is 18.5 Å². The molecule has 6 nitrogen and oxygen atoms in total. The fraction of sp³-hybridized carbons (Fsp3) is 0.500. The molecule has 0 spiro atoms. The molecule has 124 valence electrons. The number of rotatable bonds is 8. The second kappa shape index (κ2) is 8.62. The second-order valence-corrected chi connectivity index (χ2v) is 5.99. The fourth-order valence-electron chi connectivity index (χ4n) is 2.28. The van der Waals surface area contributed by atoms with Crippen LogP contribution in [0.25, 0.3) is 11.4 Å². The lowest BCUT2D eigenvalue weighted by atomic mass is 10.1. The van der Waals surface area contributed by atoms with E-state index in [9.17, 15) is 4.79 Å². The molecule has 23 heavy (non-hydrogen) atoms. The molecular formula is C16H22ClN5O. The normalized spacial score (nSPS) is 12.1. The predicted molar refractivity (Wildman–Crippen MR) is 90.0 cm³/mol. The zero-order valence-corrected chi connectivity index (χ0v) is 14.3. The molecule has 0 bridgehead atoms. The fourth-order valence-corrected chi connectivity index (χ4v) is 2.50. The Hall–Kier alpha value is -1.95. The van der Waals surface area contributed by atoms with Crippen LogP contribution in [0.1, 0.15) is 39.5 Å². The Morgan fingerprint density at radius 2 is 2.13 bits per heavy atom. The van der Waals surface area contributed by atoms with Gasteiger partial charge in [0.25, 0.3) is 0 Å². The summed E-state index contributed by atoms with van der Waals surface area (Å²) >= 11 is 6.11. The van der Waals surface area contributed by atoms with Gasteiger partial charge in [0.2, 0.25) is 11.7 Å². The average molecular weight is 336 g/mol. The molecular weight excluding hydrogens is 314 g/mol. The molecule has 1 heterocycles. The highest BCUT2D eigenvalue weighted by molar-refractivity contribution is 6.33. The lowest BCUT2D eigenvalue weighted by Crippen LogP contribution is -2.35. The molecule has 1 aromatic heterocycles. The maximum absolute atomic E-state index is 12.0. The van der Waals surface area contributed by atoms with Crippen LogP contribution >= 0.6 is 11.6 Å². The number of nitrogens with one attached hydrogen (secondary N) is 1. The minimum absolute atomic E-state index is 0.0512. The van der Waals surface area contributed by atoms with Gasteiger partial charge >= 0.3 is 0 Å². The van der Waals surface area contributed by atoms with Gasteiger partial charge in [-0.2, -0.15) is 4.80 Å². The first kappa shape index (κ1) is 17.4. The molecule has 1 amide bonds. The summed E-state index contributed by atoms with van der Waals surface area (Å²) in [5.41, 5.74) is 0.703. The van der Waals surface area contributed by atoms with Gasteiger partial charge in [-0.25, -0.2) is 0 Å². The molecule has 1 atom stereocenters. The minimum atomic E-state index is -0.114. The Labute approximate surface area is 141 Å². The number of carbonyl (C=O) groups excluding carboxylic acids is 1. The highest BCUT2D eigenvalue weighted by atomic mass is 35.5. The van der Waals surface area contributed by atoms with Gasteiger partial charge in [0.15, 0.2) is 0 Å². The lowest BCUT2D eigenvalue weighted by molar-refractivity contribution is -0.122. The number of amides is 1. The molecule has 1 N–H and O–H groups in total. The van der Waals surface area contributed by atoms with Gasteiger partial charge in [0.1, 0.15) is 6.54 Å². The van der Waals surface area contributed by atoms with Gasteiger partial charge in [-0.1, -0.05) is 49.9 Å². The van der Waals surface area contributed by atoms with E-state index in [1.54, 1.807) is 6.07 Å². The Morgan fingerprint density at radius 3 is 2.87 bits per heavy atom. The van der Waals surface area contributed by atoms with Crippen LogP contribution in [0.4, 0.5) is 0 Å². The van der Waals surface area contributed by atoms with Gasteiger partial charge in [-0.3, -0.25) is 4.79 Å². The van der Waals surface area contributed by atoms with Crippen molar-refractivity contribution in [3.63, 3.8) is 0 Å². The summed E-state index contributed by atoms with van der Waals surface area (Å²) in [5, 5.41) is 15.6. The van der Waals surface area contributed by atoms with Crippen LogP contribution in [-0.4, -0.2) is 32.2 Å². The van der Waals surface area contributed by atoms with Crippen molar-refractivity contribution in [3.05, 3.63) is 29.3 Å². The number of halogens is 1. The van der Waals surface area contributed by atoms with Crippen molar-refractivity contribution in [1.82, 2.24) is 25.5 Å². The monoisotopic (exact) mass is 335 g/mol. The lowest BCUT2D eigenvalue weighted by Gasteiger charge is -2.12. The van der Waals surface area contributed by atoms with Crippen LogP contribution in [0.3, 0.4) is 0 Å². The van der Waals surface area contributed by atoms with E-state index in [0.717, 1.165) is 12.8 Å². The number of benzene rings is 1. The summed E-state index contributed by atoms with van der Waals surface area (Å²) in [6.07, 6.45) is 4.46. The van der Waals surface area contributed by atoms with Crippen LogP contribution in [0.2, 0.25) is 5.02 Å². The second-order valence-electron chi connectivity index (χ2n) is 5.59. The van der Waals surface area contributed by atoms with E-state index in [1.165, 1.54) is 17.6 Å². The summed E-state index contributed by atoms with van der Waals surface area (Å²) in [7, 11) is 0. The summed E-state index contributed by atoms with van der Waals surface area (Å²) in [5.74, 6) is 0.302. The summed E-state index contributed by atoms with van der Waals surface area (Å²) in [6.45, 7) is 4.23. The molecule has 2 rings (SSSR count). The smallest absolute Gasteiger partial charge is 0.243 e. The van der Waals surface area contributed by atoms with Crippen LogP contribution < -0.4 is 5.32 Å². The predicted octanol–water partition coefficient (Wildman–Crippen LogP) is 3.08. The summed E-state index contributed by atoms with van der Waals surface area (Å²) < 4.78 is 0. The van der Waals surface area contributed by atoms with Gasteiger partial charge in [0.05, 0.1) is 5.02 Å². The third-order valence-electron chi connectivity index (χ3n) is 3.50. The van der Waals surface area contributed by atoms with E-state index in [1.807, 2.05) is 25.1 Å². The highest BCUT2D eigenvalue weighted by Gasteiger charge is 2.12. The topological polar surface area (TPSA) is 72.7 Å². The first-order valence-electron chi connectivity index (χ1n) is 7.92. The first-order chi connectivity index (χ1) is 11.1. The van der Waals surface area contributed by atoms with Crippen LogP contribution in [-0.2, 0) is 11.3 Å². The number of unbranched alkanes of at least 4 members (excludes halogenated alkanes) is 2.